The van der Waals surface area contributed by atoms with Crippen molar-refractivity contribution < 1.29 is 22.6 Å². The molecule has 0 saturated carbocycles. The number of nitrogens with zero attached hydrogens (tertiary/aromatic N) is 1. The SMILES string of the molecule is COc1cnc(OC(F)(F)F)c(CCl)c1I. The van der Waals surface area contributed by atoms with E-state index in [1.165, 1.54) is 7.11 Å². The number of rotatable bonds is 3. The number of hydrogen-bond acceptors (Lipinski definition) is 3. The minimum Gasteiger partial charge on any atom is -0.494 e. The third-order valence-corrected chi connectivity index (χ3v) is 3.05. The molecule has 1 rings (SSSR count). The molecule has 0 aliphatic heterocycles. The third-order valence-electron chi connectivity index (χ3n) is 1.60. The van der Waals surface area contributed by atoms with Crippen molar-refractivity contribution in [1.82, 2.24) is 4.98 Å². The Morgan fingerprint density at radius 3 is 2.56 bits per heavy atom. The molecule has 0 N–H and O–H groups in total. The van der Waals surface area contributed by atoms with Crippen molar-refractivity contribution in [2.45, 2.75) is 12.2 Å². The second-order valence-electron chi connectivity index (χ2n) is 2.61. The molecule has 1 aromatic heterocycles. The summed E-state index contributed by atoms with van der Waals surface area (Å²) in [6.45, 7) is 0. The largest absolute Gasteiger partial charge is 0.574 e. The van der Waals surface area contributed by atoms with Crippen LogP contribution in [0.2, 0.25) is 0 Å². The van der Waals surface area contributed by atoms with E-state index in [1.54, 1.807) is 0 Å². The normalized spacial score (nSPS) is 11.4. The Labute approximate surface area is 108 Å². The molecule has 16 heavy (non-hydrogen) atoms. The molecule has 1 heterocycles. The lowest BCUT2D eigenvalue weighted by Crippen LogP contribution is -2.19. The average Bonchev–Trinajstić information content (AvgIpc) is 2.16. The van der Waals surface area contributed by atoms with Gasteiger partial charge in [0, 0.05) is 5.56 Å². The van der Waals surface area contributed by atoms with E-state index in [0.29, 0.717) is 9.32 Å². The van der Waals surface area contributed by atoms with Crippen molar-refractivity contribution in [3.05, 3.63) is 15.3 Å². The Kier molecular flexibility index (Phi) is 4.48. The van der Waals surface area contributed by atoms with Crippen LogP contribution in [0.4, 0.5) is 13.2 Å². The molecule has 0 bridgehead atoms. The third kappa shape index (κ3) is 3.27. The fraction of sp³-hybridized carbons (Fsp3) is 0.375. The van der Waals surface area contributed by atoms with Crippen molar-refractivity contribution >= 4 is 34.2 Å². The van der Waals surface area contributed by atoms with Gasteiger partial charge < -0.3 is 9.47 Å². The van der Waals surface area contributed by atoms with Crippen LogP contribution >= 0.6 is 34.2 Å². The Balaban J connectivity index is 3.16. The van der Waals surface area contributed by atoms with Gasteiger partial charge in [0.2, 0.25) is 5.88 Å². The summed E-state index contributed by atoms with van der Waals surface area (Å²) in [7, 11) is 1.39. The average molecular weight is 367 g/mol. The van der Waals surface area contributed by atoms with Crippen LogP contribution in [0.25, 0.3) is 0 Å². The van der Waals surface area contributed by atoms with Crippen LogP contribution in [0.1, 0.15) is 5.56 Å². The van der Waals surface area contributed by atoms with Gasteiger partial charge in [-0.15, -0.1) is 24.8 Å². The number of halogens is 5. The highest BCUT2D eigenvalue weighted by molar-refractivity contribution is 14.1. The molecule has 1 aromatic rings. The second-order valence-corrected chi connectivity index (χ2v) is 3.95. The first-order valence-corrected chi connectivity index (χ1v) is 5.53. The summed E-state index contributed by atoms with van der Waals surface area (Å²) >= 11 is 7.37. The summed E-state index contributed by atoms with van der Waals surface area (Å²) in [4.78, 5) is 3.51. The van der Waals surface area contributed by atoms with Gasteiger partial charge in [-0.05, 0) is 22.6 Å². The van der Waals surface area contributed by atoms with Gasteiger partial charge in [0.15, 0.2) is 5.75 Å². The molecule has 0 aliphatic rings. The maximum Gasteiger partial charge on any atom is 0.574 e. The van der Waals surface area contributed by atoms with Crippen molar-refractivity contribution in [3.63, 3.8) is 0 Å². The summed E-state index contributed by atoms with van der Waals surface area (Å²) in [6, 6.07) is 0. The highest BCUT2D eigenvalue weighted by Gasteiger charge is 2.33. The van der Waals surface area contributed by atoms with E-state index in [9.17, 15) is 13.2 Å². The lowest BCUT2D eigenvalue weighted by molar-refractivity contribution is -0.276. The predicted octanol–water partition coefficient (Wildman–Crippen LogP) is 3.33. The van der Waals surface area contributed by atoms with Crippen molar-refractivity contribution in [2.75, 3.05) is 7.11 Å². The number of methoxy groups -OCH3 is 1. The summed E-state index contributed by atoms with van der Waals surface area (Å²) in [5.41, 5.74) is 0.152. The summed E-state index contributed by atoms with van der Waals surface area (Å²) in [5, 5.41) is 0. The Bertz CT molecular complexity index is 386. The first kappa shape index (κ1) is 13.6. The molecule has 0 unspecified atom stereocenters. The minimum atomic E-state index is -4.79. The van der Waals surface area contributed by atoms with Crippen molar-refractivity contribution in [2.24, 2.45) is 0 Å². The predicted molar refractivity (Wildman–Crippen MR) is 59.7 cm³/mol. The van der Waals surface area contributed by atoms with Crippen molar-refractivity contribution in [3.8, 4) is 11.6 Å². The van der Waals surface area contributed by atoms with Gasteiger partial charge in [-0.1, -0.05) is 0 Å². The van der Waals surface area contributed by atoms with E-state index < -0.39 is 12.2 Å². The van der Waals surface area contributed by atoms with Gasteiger partial charge in [-0.25, -0.2) is 4.98 Å². The van der Waals surface area contributed by atoms with Gasteiger partial charge in [-0.3, -0.25) is 0 Å². The zero-order valence-corrected chi connectivity index (χ0v) is 10.9. The summed E-state index contributed by atoms with van der Waals surface area (Å²) in [6.07, 6.45) is -3.63. The topological polar surface area (TPSA) is 31.4 Å². The molecule has 8 heteroatoms. The molecule has 3 nitrogen and oxygen atoms in total. The zero-order chi connectivity index (χ0) is 12.3. The molecule has 0 radical (unpaired) electrons. The fourth-order valence-corrected chi connectivity index (χ4v) is 2.20. The van der Waals surface area contributed by atoms with Crippen LogP contribution in [-0.4, -0.2) is 18.5 Å². The Morgan fingerprint density at radius 2 is 2.12 bits per heavy atom. The molecular weight excluding hydrogens is 361 g/mol. The number of ether oxygens (including phenoxy) is 2. The van der Waals surface area contributed by atoms with Gasteiger partial charge in [0.05, 0.1) is 22.8 Å². The smallest absolute Gasteiger partial charge is 0.494 e. The summed E-state index contributed by atoms with van der Waals surface area (Å²) < 4.78 is 45.2. The fourth-order valence-electron chi connectivity index (χ4n) is 0.950. The lowest BCUT2D eigenvalue weighted by atomic mass is 10.3. The standard InChI is InChI=1S/C8H6ClF3INO2/c1-15-5-3-14-7(16-8(10,11)12)4(2-9)6(5)13/h3H,2H2,1H3. The molecular formula is C8H6ClF3INO2. The molecule has 0 saturated heterocycles. The van der Waals surface area contributed by atoms with Crippen molar-refractivity contribution in [1.29, 1.82) is 0 Å². The van der Waals surface area contributed by atoms with E-state index in [1.807, 2.05) is 22.6 Å². The molecule has 0 spiro atoms. The highest BCUT2D eigenvalue weighted by atomic mass is 127. The number of pyridine rings is 1. The lowest BCUT2D eigenvalue weighted by Gasteiger charge is -2.13. The van der Waals surface area contributed by atoms with Gasteiger partial charge in [0.1, 0.15) is 0 Å². The first-order chi connectivity index (χ1) is 7.39. The van der Waals surface area contributed by atoms with Crippen LogP contribution in [0.3, 0.4) is 0 Å². The highest BCUT2D eigenvalue weighted by Crippen LogP contribution is 2.33. The number of aromatic nitrogens is 1. The van der Waals surface area contributed by atoms with Gasteiger partial charge in [0.25, 0.3) is 0 Å². The number of alkyl halides is 4. The minimum absolute atomic E-state index is 0.145. The van der Waals surface area contributed by atoms with Gasteiger partial charge in [-0.2, -0.15) is 0 Å². The quantitative estimate of drug-likeness (QED) is 0.607. The van der Waals surface area contributed by atoms with E-state index in [2.05, 4.69) is 9.72 Å². The first-order valence-electron chi connectivity index (χ1n) is 3.92. The van der Waals surface area contributed by atoms with Crippen LogP contribution in [0, 0.1) is 3.57 Å². The summed E-state index contributed by atoms with van der Waals surface area (Å²) in [5.74, 6) is -0.341. The molecule has 0 atom stereocenters. The van der Waals surface area contributed by atoms with E-state index in [0.717, 1.165) is 6.20 Å². The molecule has 0 aromatic carbocycles. The van der Waals surface area contributed by atoms with Crippen LogP contribution in [-0.2, 0) is 5.88 Å². The Hall–Kier alpha value is -0.440. The monoisotopic (exact) mass is 367 g/mol. The van der Waals surface area contributed by atoms with Crippen LogP contribution < -0.4 is 9.47 Å². The van der Waals surface area contributed by atoms with E-state index in [-0.39, 0.29) is 11.4 Å². The van der Waals surface area contributed by atoms with Gasteiger partial charge >= 0.3 is 6.36 Å². The maximum atomic E-state index is 12.0. The van der Waals surface area contributed by atoms with E-state index >= 15 is 0 Å². The Morgan fingerprint density at radius 1 is 1.50 bits per heavy atom. The zero-order valence-electron chi connectivity index (χ0n) is 7.94. The molecule has 0 fully saturated rings. The van der Waals surface area contributed by atoms with Crippen LogP contribution in [0.5, 0.6) is 11.6 Å². The maximum absolute atomic E-state index is 12.0. The molecule has 0 aliphatic carbocycles. The number of hydrogen-bond donors (Lipinski definition) is 0. The molecule has 0 amide bonds. The van der Waals surface area contributed by atoms with Crippen LogP contribution in [0.15, 0.2) is 6.20 Å². The molecule has 90 valence electrons. The van der Waals surface area contributed by atoms with E-state index in [4.69, 9.17) is 16.3 Å². The second kappa shape index (κ2) is 5.26.